The Morgan fingerprint density at radius 1 is 0.938 bits per heavy atom. The van der Waals surface area contributed by atoms with Crippen LogP contribution in [0.5, 0.6) is 0 Å². The lowest BCUT2D eigenvalue weighted by molar-refractivity contribution is 0.00578. The second kappa shape index (κ2) is 9.23. The Bertz CT molecular complexity index is 830. The Balaban J connectivity index is 0.000000633. The molecule has 0 saturated carbocycles. The second-order valence-electron chi connectivity index (χ2n) is 10.7. The number of anilines is 1. The van der Waals surface area contributed by atoms with Crippen molar-refractivity contribution in [1.82, 2.24) is 9.97 Å². The summed E-state index contributed by atoms with van der Waals surface area (Å²) in [5.74, 6) is 0.648. The van der Waals surface area contributed by atoms with Gasteiger partial charge in [-0.3, -0.25) is 0 Å². The molecule has 0 atom stereocenters. The molecule has 1 aromatic heterocycles. The van der Waals surface area contributed by atoms with E-state index in [1.165, 1.54) is 0 Å². The van der Waals surface area contributed by atoms with Crippen molar-refractivity contribution in [3.05, 3.63) is 11.4 Å². The van der Waals surface area contributed by atoms with Crippen LogP contribution in [0, 0.1) is 6.92 Å². The Hall–Kier alpha value is -2.40. The van der Waals surface area contributed by atoms with Gasteiger partial charge in [-0.15, -0.1) is 0 Å². The van der Waals surface area contributed by atoms with Crippen molar-refractivity contribution < 1.29 is 33.8 Å². The van der Waals surface area contributed by atoms with Crippen molar-refractivity contribution in [1.29, 1.82) is 0 Å². The zero-order valence-corrected chi connectivity index (χ0v) is 20.9. The lowest BCUT2D eigenvalue weighted by atomic mass is 9.71. The van der Waals surface area contributed by atoms with Gasteiger partial charge in [0, 0.05) is 22.1 Å². The summed E-state index contributed by atoms with van der Waals surface area (Å²) in [5.41, 5.74) is 1.78. The van der Waals surface area contributed by atoms with Gasteiger partial charge in [0.1, 0.15) is 0 Å². The molecule has 32 heavy (non-hydrogen) atoms. The van der Waals surface area contributed by atoms with Crippen LogP contribution in [-0.2, 0) is 19.5 Å². The fourth-order valence-corrected chi connectivity index (χ4v) is 2.86. The van der Waals surface area contributed by atoms with E-state index in [4.69, 9.17) is 29.5 Å². The molecule has 2 heterocycles. The number of hydrogen-bond donors (Lipinski definition) is 3. The normalized spacial score (nSPS) is 17.3. The van der Waals surface area contributed by atoms with Crippen molar-refractivity contribution in [2.45, 2.75) is 98.3 Å². The van der Waals surface area contributed by atoms with Crippen LogP contribution < -0.4 is 10.8 Å². The Morgan fingerprint density at radius 2 is 1.38 bits per heavy atom. The summed E-state index contributed by atoms with van der Waals surface area (Å²) in [7, 11) is -0.456. The van der Waals surface area contributed by atoms with Crippen LogP contribution in [0.1, 0.15) is 80.6 Å². The summed E-state index contributed by atoms with van der Waals surface area (Å²) >= 11 is 0. The monoisotopic (exact) mass is 453 g/mol. The number of nitrogens with zero attached hydrogens (tertiary/aromatic N) is 2. The van der Waals surface area contributed by atoms with Crippen LogP contribution in [0.25, 0.3) is 0 Å². The van der Waals surface area contributed by atoms with E-state index in [0.717, 1.165) is 16.9 Å². The minimum Gasteiger partial charge on any atom is -0.449 e. The highest BCUT2D eigenvalue weighted by atomic mass is 16.7. The first kappa shape index (κ1) is 27.6. The van der Waals surface area contributed by atoms with Crippen molar-refractivity contribution >= 4 is 30.8 Å². The third-order valence-corrected chi connectivity index (χ3v) is 5.00. The molecule has 0 unspecified atom stereocenters. The molecule has 0 amide bonds. The summed E-state index contributed by atoms with van der Waals surface area (Å²) in [6.45, 7) is 23.0. The molecule has 10 nitrogen and oxygen atoms in total. The number of carboxylic acid groups (broad SMARTS) is 2. The fraction of sp³-hybridized carbons (Fsp3) is 0.714. The second-order valence-corrected chi connectivity index (χ2v) is 10.7. The molecule has 11 heteroatoms. The third kappa shape index (κ3) is 7.34. The molecule has 0 spiro atoms. The predicted octanol–water partition coefficient (Wildman–Crippen LogP) is 3.95. The number of aryl methyl sites for hydroxylation is 1. The quantitative estimate of drug-likeness (QED) is 0.342. The van der Waals surface area contributed by atoms with E-state index in [-0.39, 0.29) is 22.2 Å². The minimum atomic E-state index is -1.81. The molecule has 1 saturated heterocycles. The molecule has 1 aromatic rings. The van der Waals surface area contributed by atoms with Gasteiger partial charge < -0.3 is 29.6 Å². The number of nitrogens with one attached hydrogen (secondary N) is 1. The molecule has 2 rings (SSSR count). The molecule has 1 aliphatic heterocycles. The molecule has 1 fully saturated rings. The number of aromatic nitrogens is 2. The lowest BCUT2D eigenvalue weighted by Crippen LogP contribution is -2.43. The van der Waals surface area contributed by atoms with Gasteiger partial charge in [0.15, 0.2) is 0 Å². The largest absolute Gasteiger partial charge is 0.516 e. The van der Waals surface area contributed by atoms with Gasteiger partial charge in [-0.05, 0) is 55.4 Å². The molecule has 0 aliphatic carbocycles. The van der Waals surface area contributed by atoms with Gasteiger partial charge in [-0.1, -0.05) is 20.8 Å². The minimum absolute atomic E-state index is 0.104. The zero-order chi connectivity index (χ0) is 25.3. The Labute approximate surface area is 190 Å². The van der Waals surface area contributed by atoms with Crippen LogP contribution in [0.3, 0.4) is 0 Å². The van der Waals surface area contributed by atoms with E-state index >= 15 is 0 Å². The van der Waals surface area contributed by atoms with E-state index in [1.807, 2.05) is 6.92 Å². The first-order chi connectivity index (χ1) is 14.2. The van der Waals surface area contributed by atoms with Gasteiger partial charge in [0.2, 0.25) is 5.95 Å². The summed E-state index contributed by atoms with van der Waals surface area (Å²) in [5, 5.41) is 18.3. The summed E-state index contributed by atoms with van der Waals surface area (Å²) in [6.07, 6.45) is -3.62. The van der Waals surface area contributed by atoms with E-state index in [2.05, 4.69) is 79.3 Å². The molecule has 1 aliphatic rings. The van der Waals surface area contributed by atoms with Gasteiger partial charge >= 0.3 is 19.4 Å². The van der Waals surface area contributed by atoms with E-state index in [9.17, 15) is 9.59 Å². The topological polar surface area (TPSA) is 140 Å². The maximum Gasteiger partial charge on any atom is 0.516 e. The molecular weight excluding hydrogens is 417 g/mol. The summed E-state index contributed by atoms with van der Waals surface area (Å²) < 4.78 is 15.7. The average molecular weight is 453 g/mol. The van der Waals surface area contributed by atoms with E-state index in [1.54, 1.807) is 0 Å². The molecule has 180 valence electrons. The van der Waals surface area contributed by atoms with Gasteiger partial charge in [0.25, 0.3) is 0 Å². The first-order valence-electron chi connectivity index (χ1n) is 10.3. The van der Waals surface area contributed by atoms with Crippen molar-refractivity contribution in [2.75, 3.05) is 5.32 Å². The fourth-order valence-electron chi connectivity index (χ4n) is 2.86. The highest BCUT2D eigenvalue weighted by Crippen LogP contribution is 2.37. The maximum absolute atomic E-state index is 9.21. The molecule has 0 aromatic carbocycles. The number of hydrogen-bond acceptors (Lipinski definition) is 8. The lowest BCUT2D eigenvalue weighted by Gasteiger charge is -2.32. The van der Waals surface area contributed by atoms with Crippen molar-refractivity contribution in [3.63, 3.8) is 0 Å². The predicted molar refractivity (Wildman–Crippen MR) is 122 cm³/mol. The first-order valence-corrected chi connectivity index (χ1v) is 10.3. The molecule has 0 bridgehead atoms. The number of ether oxygens (including phenoxy) is 1. The highest BCUT2D eigenvalue weighted by Gasteiger charge is 2.53. The molecule has 3 N–H and O–H groups in total. The van der Waals surface area contributed by atoms with Crippen LogP contribution >= 0.6 is 0 Å². The number of rotatable bonds is 2. The van der Waals surface area contributed by atoms with Crippen molar-refractivity contribution in [3.8, 4) is 0 Å². The zero-order valence-electron chi connectivity index (χ0n) is 20.9. The third-order valence-electron chi connectivity index (χ3n) is 5.00. The van der Waals surface area contributed by atoms with Gasteiger partial charge in [0.05, 0.1) is 16.9 Å². The smallest absolute Gasteiger partial charge is 0.449 e. The molecular formula is C21H36BN3O7. The van der Waals surface area contributed by atoms with Gasteiger partial charge in [-0.2, -0.15) is 0 Å². The van der Waals surface area contributed by atoms with E-state index in [0.29, 0.717) is 5.95 Å². The number of carbonyl (C=O) groups is 2. The standard InChI is InChI=1S/C19H34BN3O2.C2H2O5/c1-12-13(20-24-18(8,9)19(10,11)25-20)14(16(2,3)4)22-15(21-12)23-17(5,6)7;3-1(4)7-2(5)6/h1-11H3,(H,21,22,23);(H,3,4)(H,5,6). The average Bonchev–Trinajstić information content (AvgIpc) is 2.70. The SMILES string of the molecule is Cc1nc(NC(C)(C)C)nc(C(C)(C)C)c1B1OC(C)(C)C(C)(C)O1.O=C(O)OC(=O)O. The van der Waals surface area contributed by atoms with Crippen LogP contribution in [-0.4, -0.2) is 56.4 Å². The van der Waals surface area contributed by atoms with Crippen LogP contribution in [0.4, 0.5) is 15.5 Å². The maximum atomic E-state index is 9.21. The van der Waals surface area contributed by atoms with Gasteiger partial charge in [-0.25, -0.2) is 19.6 Å². The Kier molecular flexibility index (Phi) is 7.97. The van der Waals surface area contributed by atoms with E-state index < -0.39 is 19.4 Å². The van der Waals surface area contributed by atoms with Crippen LogP contribution in [0.15, 0.2) is 0 Å². The molecule has 0 radical (unpaired) electrons. The summed E-state index contributed by atoms with van der Waals surface area (Å²) in [6, 6.07) is 0. The Morgan fingerprint density at radius 3 is 1.69 bits per heavy atom. The van der Waals surface area contributed by atoms with Crippen LogP contribution in [0.2, 0.25) is 0 Å². The van der Waals surface area contributed by atoms with Crippen molar-refractivity contribution in [2.24, 2.45) is 0 Å². The summed E-state index contributed by atoms with van der Waals surface area (Å²) in [4.78, 5) is 28.0. The highest BCUT2D eigenvalue weighted by molar-refractivity contribution is 6.63.